The van der Waals surface area contributed by atoms with Gasteiger partial charge in [0.2, 0.25) is 10.0 Å². The lowest BCUT2D eigenvalue weighted by Gasteiger charge is -2.13. The maximum atomic E-state index is 12.0. The summed E-state index contributed by atoms with van der Waals surface area (Å²) >= 11 is 0. The summed E-state index contributed by atoms with van der Waals surface area (Å²) in [5, 5.41) is 0. The quantitative estimate of drug-likeness (QED) is 0.786. The molecule has 1 fully saturated rings. The molecule has 1 aromatic rings. The van der Waals surface area contributed by atoms with Gasteiger partial charge in [-0.2, -0.15) is 0 Å². The highest BCUT2D eigenvalue weighted by Gasteiger charge is 2.41. The van der Waals surface area contributed by atoms with Crippen molar-refractivity contribution in [2.45, 2.75) is 31.1 Å². The van der Waals surface area contributed by atoms with Crippen LogP contribution in [0, 0.1) is 5.41 Å². The fourth-order valence-electron chi connectivity index (χ4n) is 1.81. The predicted octanol–water partition coefficient (Wildman–Crippen LogP) is 1.74. The minimum Gasteiger partial charge on any atom is -0.399 e. The van der Waals surface area contributed by atoms with Crippen LogP contribution in [0.4, 0.5) is 5.69 Å². The Balaban J connectivity index is 2.06. The number of sulfonamides is 1. The minimum atomic E-state index is -3.39. The van der Waals surface area contributed by atoms with Gasteiger partial charge < -0.3 is 5.73 Å². The van der Waals surface area contributed by atoms with Gasteiger partial charge in [0.15, 0.2) is 0 Å². The summed E-state index contributed by atoms with van der Waals surface area (Å²) in [4.78, 5) is 0.276. The molecule has 0 aliphatic heterocycles. The highest BCUT2D eigenvalue weighted by atomic mass is 32.2. The van der Waals surface area contributed by atoms with Crippen LogP contribution in [0.5, 0.6) is 0 Å². The van der Waals surface area contributed by atoms with Gasteiger partial charge in [0.1, 0.15) is 0 Å². The van der Waals surface area contributed by atoms with E-state index in [0.717, 1.165) is 19.3 Å². The molecule has 0 heterocycles. The van der Waals surface area contributed by atoms with Crippen LogP contribution in [0.1, 0.15) is 26.2 Å². The molecule has 0 atom stereocenters. The zero-order valence-corrected chi connectivity index (χ0v) is 10.8. The minimum absolute atomic E-state index is 0.209. The summed E-state index contributed by atoms with van der Waals surface area (Å²) in [6, 6.07) is 6.26. The van der Waals surface area contributed by atoms with Crippen LogP contribution in [-0.4, -0.2) is 15.0 Å². The Kier molecular flexibility index (Phi) is 3.14. The molecule has 0 radical (unpaired) electrons. The molecule has 4 nitrogen and oxygen atoms in total. The first kappa shape index (κ1) is 12.4. The largest absolute Gasteiger partial charge is 0.399 e. The molecule has 0 saturated heterocycles. The highest BCUT2D eigenvalue weighted by Crippen LogP contribution is 2.48. The molecule has 0 bridgehead atoms. The Bertz CT molecular complexity index is 490. The Morgan fingerprint density at radius 3 is 2.35 bits per heavy atom. The molecule has 1 aliphatic carbocycles. The van der Waals surface area contributed by atoms with Crippen LogP contribution in [-0.2, 0) is 10.0 Å². The first-order valence-corrected chi connectivity index (χ1v) is 7.31. The number of hydrogen-bond acceptors (Lipinski definition) is 3. The summed E-state index contributed by atoms with van der Waals surface area (Å²) in [5.74, 6) is 0. The van der Waals surface area contributed by atoms with Gasteiger partial charge >= 0.3 is 0 Å². The van der Waals surface area contributed by atoms with Crippen LogP contribution in [0.2, 0.25) is 0 Å². The van der Waals surface area contributed by atoms with E-state index in [-0.39, 0.29) is 10.3 Å². The molecule has 1 aromatic carbocycles. The summed E-state index contributed by atoms with van der Waals surface area (Å²) < 4.78 is 26.6. The van der Waals surface area contributed by atoms with Gasteiger partial charge in [-0.25, -0.2) is 13.1 Å². The molecule has 0 amide bonds. The van der Waals surface area contributed by atoms with Gasteiger partial charge in [0, 0.05) is 12.2 Å². The average Bonchev–Trinajstić information content (AvgIpc) is 3.08. The van der Waals surface area contributed by atoms with E-state index in [4.69, 9.17) is 5.73 Å². The Labute approximate surface area is 102 Å². The van der Waals surface area contributed by atoms with Crippen molar-refractivity contribution in [3.8, 4) is 0 Å². The standard InChI is InChI=1S/C12H18N2O2S/c1-2-12(7-8-12)9-14-17(15,16)11-5-3-10(13)4-6-11/h3-6,14H,2,7-9,13H2,1H3. The van der Waals surface area contributed by atoms with Gasteiger partial charge in [0.05, 0.1) is 4.90 Å². The van der Waals surface area contributed by atoms with E-state index in [2.05, 4.69) is 11.6 Å². The second-order valence-electron chi connectivity index (χ2n) is 4.75. The third-order valence-electron chi connectivity index (χ3n) is 3.53. The number of nitrogen functional groups attached to an aromatic ring is 1. The molecule has 1 saturated carbocycles. The molecule has 3 N–H and O–H groups in total. The summed E-state index contributed by atoms with van der Waals surface area (Å²) in [6.07, 6.45) is 3.26. The van der Waals surface area contributed by atoms with Gasteiger partial charge in [-0.3, -0.25) is 0 Å². The van der Waals surface area contributed by atoms with Crippen LogP contribution >= 0.6 is 0 Å². The molecule has 94 valence electrons. The van der Waals surface area contributed by atoms with Crippen molar-refractivity contribution in [2.24, 2.45) is 5.41 Å². The molecule has 17 heavy (non-hydrogen) atoms. The number of anilines is 1. The van der Waals surface area contributed by atoms with Gasteiger partial charge in [-0.05, 0) is 48.9 Å². The molecule has 1 aliphatic rings. The van der Waals surface area contributed by atoms with Crippen LogP contribution in [0.15, 0.2) is 29.2 Å². The van der Waals surface area contributed by atoms with Crippen LogP contribution in [0.25, 0.3) is 0 Å². The highest BCUT2D eigenvalue weighted by molar-refractivity contribution is 7.89. The topological polar surface area (TPSA) is 72.2 Å². The maximum Gasteiger partial charge on any atom is 0.240 e. The zero-order chi connectivity index (χ0) is 12.5. The molecule has 2 rings (SSSR count). The first-order valence-electron chi connectivity index (χ1n) is 5.83. The van der Waals surface area contributed by atoms with E-state index >= 15 is 0 Å². The summed E-state index contributed by atoms with van der Waals surface area (Å²) in [6.45, 7) is 2.64. The van der Waals surface area contributed by atoms with Gasteiger partial charge in [-0.15, -0.1) is 0 Å². The smallest absolute Gasteiger partial charge is 0.240 e. The number of hydrogen-bond donors (Lipinski definition) is 2. The number of benzene rings is 1. The van der Waals surface area contributed by atoms with E-state index in [9.17, 15) is 8.42 Å². The Morgan fingerprint density at radius 1 is 1.29 bits per heavy atom. The molecule has 5 heteroatoms. The van der Waals surface area contributed by atoms with Crippen molar-refractivity contribution in [1.82, 2.24) is 4.72 Å². The lowest BCUT2D eigenvalue weighted by atomic mass is 10.1. The predicted molar refractivity (Wildman–Crippen MR) is 68.0 cm³/mol. The van der Waals surface area contributed by atoms with E-state index < -0.39 is 10.0 Å². The molecule has 0 spiro atoms. The van der Waals surface area contributed by atoms with E-state index in [1.807, 2.05) is 0 Å². The third kappa shape index (κ3) is 2.79. The molecule has 0 unspecified atom stereocenters. The van der Waals surface area contributed by atoms with Crippen molar-refractivity contribution < 1.29 is 8.42 Å². The van der Waals surface area contributed by atoms with Gasteiger partial charge in [0.25, 0.3) is 0 Å². The van der Waals surface area contributed by atoms with Gasteiger partial charge in [-0.1, -0.05) is 6.92 Å². The summed E-state index contributed by atoms with van der Waals surface area (Å²) in [7, 11) is -3.39. The summed E-state index contributed by atoms with van der Waals surface area (Å²) in [5.41, 5.74) is 6.30. The lowest BCUT2D eigenvalue weighted by Crippen LogP contribution is -2.30. The lowest BCUT2D eigenvalue weighted by molar-refractivity contribution is 0.475. The number of nitrogens with one attached hydrogen (secondary N) is 1. The fraction of sp³-hybridized carbons (Fsp3) is 0.500. The van der Waals surface area contributed by atoms with Crippen LogP contribution < -0.4 is 10.5 Å². The van der Waals surface area contributed by atoms with E-state index in [1.54, 1.807) is 12.1 Å². The Hall–Kier alpha value is -1.07. The molecular weight excluding hydrogens is 236 g/mol. The monoisotopic (exact) mass is 254 g/mol. The van der Waals surface area contributed by atoms with E-state index in [1.165, 1.54) is 12.1 Å². The second kappa shape index (κ2) is 4.31. The average molecular weight is 254 g/mol. The van der Waals surface area contributed by atoms with Crippen molar-refractivity contribution in [2.75, 3.05) is 12.3 Å². The van der Waals surface area contributed by atoms with Crippen molar-refractivity contribution in [3.05, 3.63) is 24.3 Å². The third-order valence-corrected chi connectivity index (χ3v) is 4.95. The first-order chi connectivity index (χ1) is 7.97. The zero-order valence-electron chi connectivity index (χ0n) is 9.94. The number of nitrogens with two attached hydrogens (primary N) is 1. The molecule has 0 aromatic heterocycles. The second-order valence-corrected chi connectivity index (χ2v) is 6.51. The maximum absolute atomic E-state index is 12.0. The van der Waals surface area contributed by atoms with Crippen molar-refractivity contribution >= 4 is 15.7 Å². The fourth-order valence-corrected chi connectivity index (χ4v) is 2.97. The Morgan fingerprint density at radius 2 is 1.88 bits per heavy atom. The van der Waals surface area contributed by atoms with Crippen molar-refractivity contribution in [3.63, 3.8) is 0 Å². The number of rotatable bonds is 5. The van der Waals surface area contributed by atoms with Crippen molar-refractivity contribution in [1.29, 1.82) is 0 Å². The molecular formula is C12H18N2O2S. The normalized spacial score (nSPS) is 17.9. The van der Waals surface area contributed by atoms with E-state index in [0.29, 0.717) is 12.2 Å². The van der Waals surface area contributed by atoms with Crippen LogP contribution in [0.3, 0.4) is 0 Å². The SMILES string of the molecule is CCC1(CNS(=O)(=O)c2ccc(N)cc2)CC1.